The van der Waals surface area contributed by atoms with Gasteiger partial charge in [0.05, 0.1) is 18.8 Å². The first-order valence-corrected chi connectivity index (χ1v) is 12.9. The van der Waals surface area contributed by atoms with Crippen molar-refractivity contribution >= 4 is 11.6 Å². The molecule has 194 valence electrons. The number of halogens is 3. The standard InChI is InChI=1S/C26H36F3N3O3/c1-18(2)23-17-34-25-11-14-30(16-20(25)5-8-24(33)32(23)25)15-19-3-6-21(7-4-19)31-12-9-22(10-13-31)35-26(27,28)29/h3-4,6-7,18,20,22-23H,5,8-17H2,1-2H3/t20-,23-,25-/m1/s1. The molecule has 0 radical (unpaired) electrons. The quantitative estimate of drug-likeness (QED) is 0.607. The molecule has 4 aliphatic heterocycles. The molecular weight excluding hydrogens is 459 g/mol. The van der Waals surface area contributed by atoms with E-state index in [-0.39, 0.29) is 11.9 Å². The van der Waals surface area contributed by atoms with Crippen molar-refractivity contribution in [1.82, 2.24) is 9.80 Å². The number of ether oxygens (including phenoxy) is 2. The molecule has 4 aliphatic rings. The van der Waals surface area contributed by atoms with Crippen LogP contribution in [0.1, 0.15) is 51.5 Å². The lowest BCUT2D eigenvalue weighted by molar-refractivity contribution is -0.344. The van der Waals surface area contributed by atoms with Crippen molar-refractivity contribution in [3.63, 3.8) is 0 Å². The number of benzene rings is 1. The minimum absolute atomic E-state index is 0.175. The maximum atomic E-state index is 12.8. The van der Waals surface area contributed by atoms with E-state index < -0.39 is 18.2 Å². The minimum Gasteiger partial charge on any atom is -0.371 e. The summed E-state index contributed by atoms with van der Waals surface area (Å²) in [6, 6.07) is 8.56. The molecule has 1 aromatic carbocycles. The Kier molecular flexibility index (Phi) is 6.78. The second-order valence-corrected chi connectivity index (χ2v) is 10.9. The molecule has 4 fully saturated rings. The number of anilines is 1. The third-order valence-corrected chi connectivity index (χ3v) is 8.34. The predicted octanol–water partition coefficient (Wildman–Crippen LogP) is 4.39. The molecule has 4 saturated heterocycles. The van der Waals surface area contributed by atoms with Crippen LogP contribution in [0.15, 0.2) is 24.3 Å². The Morgan fingerprint density at radius 1 is 1.11 bits per heavy atom. The van der Waals surface area contributed by atoms with Crippen molar-refractivity contribution in [2.75, 3.05) is 37.7 Å². The number of amides is 1. The number of carbonyl (C=O) groups excluding carboxylic acids is 1. The van der Waals surface area contributed by atoms with Gasteiger partial charge in [0.2, 0.25) is 5.91 Å². The van der Waals surface area contributed by atoms with Crippen LogP contribution in [0.4, 0.5) is 18.9 Å². The van der Waals surface area contributed by atoms with Crippen LogP contribution in [0.25, 0.3) is 0 Å². The number of rotatable bonds is 5. The third kappa shape index (κ3) is 5.04. The van der Waals surface area contributed by atoms with Gasteiger partial charge < -0.3 is 14.5 Å². The molecule has 1 spiro atoms. The summed E-state index contributed by atoms with van der Waals surface area (Å²) >= 11 is 0. The molecule has 35 heavy (non-hydrogen) atoms. The lowest BCUT2D eigenvalue weighted by Crippen LogP contribution is -2.65. The van der Waals surface area contributed by atoms with Crippen molar-refractivity contribution in [2.24, 2.45) is 11.8 Å². The number of likely N-dealkylation sites (tertiary alicyclic amines) is 1. The van der Waals surface area contributed by atoms with E-state index in [2.05, 4.69) is 57.5 Å². The van der Waals surface area contributed by atoms with Crippen LogP contribution in [0, 0.1) is 11.8 Å². The molecular formula is C26H36F3N3O3. The Morgan fingerprint density at radius 3 is 2.49 bits per heavy atom. The van der Waals surface area contributed by atoms with Crippen molar-refractivity contribution in [3.05, 3.63) is 29.8 Å². The smallest absolute Gasteiger partial charge is 0.371 e. The number of alkyl halides is 3. The van der Waals surface area contributed by atoms with E-state index in [4.69, 9.17) is 4.74 Å². The van der Waals surface area contributed by atoms with Crippen molar-refractivity contribution in [1.29, 1.82) is 0 Å². The van der Waals surface area contributed by atoms with Gasteiger partial charge in [-0.3, -0.25) is 14.4 Å². The molecule has 5 rings (SSSR count). The van der Waals surface area contributed by atoms with Gasteiger partial charge in [-0.1, -0.05) is 26.0 Å². The van der Waals surface area contributed by atoms with Crippen LogP contribution >= 0.6 is 0 Å². The summed E-state index contributed by atoms with van der Waals surface area (Å²) in [5, 5.41) is 0. The van der Waals surface area contributed by atoms with Gasteiger partial charge in [-0.2, -0.15) is 0 Å². The Bertz CT molecular complexity index is 901. The molecule has 1 aromatic rings. The van der Waals surface area contributed by atoms with E-state index in [0.29, 0.717) is 50.8 Å². The molecule has 0 aliphatic carbocycles. The summed E-state index contributed by atoms with van der Waals surface area (Å²) in [7, 11) is 0. The summed E-state index contributed by atoms with van der Waals surface area (Å²) in [5.41, 5.74) is 1.83. The largest absolute Gasteiger partial charge is 0.522 e. The van der Waals surface area contributed by atoms with E-state index >= 15 is 0 Å². The maximum absolute atomic E-state index is 12.8. The molecule has 0 bridgehead atoms. The second-order valence-electron chi connectivity index (χ2n) is 10.9. The average molecular weight is 496 g/mol. The van der Waals surface area contributed by atoms with Crippen LogP contribution in [0.2, 0.25) is 0 Å². The molecule has 0 unspecified atom stereocenters. The van der Waals surface area contributed by atoms with Crippen LogP contribution < -0.4 is 4.90 Å². The van der Waals surface area contributed by atoms with Gasteiger partial charge >= 0.3 is 6.36 Å². The monoisotopic (exact) mass is 495 g/mol. The summed E-state index contributed by atoms with van der Waals surface area (Å²) in [6.45, 7) is 8.74. The van der Waals surface area contributed by atoms with Gasteiger partial charge in [0.1, 0.15) is 5.72 Å². The molecule has 6 nitrogen and oxygen atoms in total. The lowest BCUT2D eigenvalue weighted by atomic mass is 9.79. The van der Waals surface area contributed by atoms with Crippen LogP contribution in [0.3, 0.4) is 0 Å². The highest BCUT2D eigenvalue weighted by atomic mass is 19.4. The summed E-state index contributed by atoms with van der Waals surface area (Å²) in [4.78, 5) is 19.5. The van der Waals surface area contributed by atoms with E-state index in [0.717, 1.165) is 38.2 Å². The Morgan fingerprint density at radius 2 is 1.83 bits per heavy atom. The number of nitrogens with zero attached hydrogens (tertiary/aromatic N) is 3. The predicted molar refractivity (Wildman–Crippen MR) is 126 cm³/mol. The van der Waals surface area contributed by atoms with Crippen molar-refractivity contribution in [3.8, 4) is 0 Å². The van der Waals surface area contributed by atoms with Gasteiger partial charge in [0, 0.05) is 57.2 Å². The van der Waals surface area contributed by atoms with E-state index in [1.807, 2.05) is 0 Å². The summed E-state index contributed by atoms with van der Waals surface area (Å²) in [5.74, 6) is 0.962. The molecule has 9 heteroatoms. The first-order valence-electron chi connectivity index (χ1n) is 12.9. The lowest BCUT2D eigenvalue weighted by Gasteiger charge is -2.53. The summed E-state index contributed by atoms with van der Waals surface area (Å²) in [6.07, 6.45) is -2.24. The molecule has 0 aromatic heterocycles. The van der Waals surface area contributed by atoms with Crippen molar-refractivity contribution in [2.45, 2.75) is 76.7 Å². The molecule has 4 heterocycles. The van der Waals surface area contributed by atoms with Crippen LogP contribution in [0.5, 0.6) is 0 Å². The second kappa shape index (κ2) is 9.56. The zero-order chi connectivity index (χ0) is 24.8. The molecule has 3 atom stereocenters. The van der Waals surface area contributed by atoms with Crippen LogP contribution in [-0.2, 0) is 20.8 Å². The Labute approximate surface area is 205 Å². The number of hydrogen-bond donors (Lipinski definition) is 0. The first-order chi connectivity index (χ1) is 16.6. The van der Waals surface area contributed by atoms with Crippen molar-refractivity contribution < 1.29 is 27.4 Å². The Balaban J connectivity index is 1.17. The SMILES string of the molecule is CC(C)[C@H]1CO[C@]23CCN(Cc4ccc(N5CCC(OC(F)(F)F)CC5)cc4)C[C@H]2CCC(=O)N13. The molecule has 0 N–H and O–H groups in total. The van der Waals surface area contributed by atoms with Gasteiger partial charge in [0.25, 0.3) is 0 Å². The van der Waals surface area contributed by atoms with Gasteiger partial charge in [0.15, 0.2) is 0 Å². The van der Waals surface area contributed by atoms with Gasteiger partial charge in [-0.05, 0) is 42.9 Å². The normalized spacial score (nSPS) is 30.6. The fourth-order valence-corrected chi connectivity index (χ4v) is 6.49. The van der Waals surface area contributed by atoms with Crippen LogP contribution in [-0.4, -0.2) is 72.7 Å². The fourth-order valence-electron chi connectivity index (χ4n) is 6.49. The fraction of sp³-hybridized carbons (Fsp3) is 0.731. The number of hydrogen-bond acceptors (Lipinski definition) is 5. The average Bonchev–Trinajstić information content (AvgIpc) is 3.21. The molecule has 1 amide bonds. The first kappa shape index (κ1) is 24.8. The minimum atomic E-state index is -4.56. The summed E-state index contributed by atoms with van der Waals surface area (Å²) < 4.78 is 48.0. The van der Waals surface area contributed by atoms with Gasteiger partial charge in [-0.15, -0.1) is 13.2 Å². The number of piperidine rings is 3. The zero-order valence-corrected chi connectivity index (χ0v) is 20.6. The van der Waals surface area contributed by atoms with E-state index in [9.17, 15) is 18.0 Å². The Hall–Kier alpha value is -1.84. The third-order valence-electron chi connectivity index (χ3n) is 8.34. The topological polar surface area (TPSA) is 45.3 Å². The highest BCUT2D eigenvalue weighted by molar-refractivity contribution is 5.78. The van der Waals surface area contributed by atoms with Gasteiger partial charge in [-0.25, -0.2) is 0 Å². The zero-order valence-electron chi connectivity index (χ0n) is 20.6. The van der Waals surface area contributed by atoms with E-state index in [1.54, 1.807) is 0 Å². The number of carbonyl (C=O) groups is 1. The molecule has 0 saturated carbocycles. The highest BCUT2D eigenvalue weighted by Gasteiger charge is 2.58. The maximum Gasteiger partial charge on any atom is 0.522 e. The van der Waals surface area contributed by atoms with E-state index in [1.165, 1.54) is 5.56 Å². The highest BCUT2D eigenvalue weighted by Crippen LogP contribution is 2.47.